The highest BCUT2D eigenvalue weighted by atomic mass is 16.6. The normalized spacial score (nSPS) is 14.5. The van der Waals surface area contributed by atoms with Gasteiger partial charge in [-0.2, -0.15) is 5.10 Å². The molecule has 0 N–H and O–H groups in total. The zero-order valence-corrected chi connectivity index (χ0v) is 14.2. The standard InChI is InChI=1S/C20H19N3O3/c24-23(25)17-6-3-7-19(14-17)26-18-10-8-15(9-11-18)20-12-13-22(21-20)16-4-1-2-5-16/h3,6-14,16H,1-2,4-5H2. The number of non-ortho nitro benzene ring substituents is 1. The highest BCUT2D eigenvalue weighted by Crippen LogP contribution is 2.31. The Bertz CT molecular complexity index is 912. The average Bonchev–Trinajstić information content (AvgIpc) is 3.34. The molecule has 0 radical (unpaired) electrons. The Hall–Kier alpha value is -3.15. The minimum absolute atomic E-state index is 0.0107. The van der Waals surface area contributed by atoms with E-state index in [0.29, 0.717) is 17.5 Å². The molecule has 26 heavy (non-hydrogen) atoms. The first kappa shape index (κ1) is 16.3. The zero-order valence-electron chi connectivity index (χ0n) is 14.2. The third-order valence-electron chi connectivity index (χ3n) is 4.72. The summed E-state index contributed by atoms with van der Waals surface area (Å²) >= 11 is 0. The fourth-order valence-electron chi connectivity index (χ4n) is 3.35. The van der Waals surface area contributed by atoms with E-state index >= 15 is 0 Å². The van der Waals surface area contributed by atoms with Crippen LogP contribution in [0.15, 0.2) is 60.8 Å². The van der Waals surface area contributed by atoms with Crippen LogP contribution in [0.25, 0.3) is 11.3 Å². The van der Waals surface area contributed by atoms with E-state index < -0.39 is 4.92 Å². The van der Waals surface area contributed by atoms with Gasteiger partial charge in [0.15, 0.2) is 0 Å². The second-order valence-corrected chi connectivity index (χ2v) is 6.50. The molecule has 0 saturated heterocycles. The van der Waals surface area contributed by atoms with E-state index in [0.717, 1.165) is 11.3 Å². The van der Waals surface area contributed by atoms with E-state index in [2.05, 4.69) is 10.9 Å². The minimum Gasteiger partial charge on any atom is -0.457 e. The van der Waals surface area contributed by atoms with E-state index in [1.54, 1.807) is 12.1 Å². The van der Waals surface area contributed by atoms with Crippen molar-refractivity contribution in [3.8, 4) is 22.8 Å². The molecule has 0 spiro atoms. The van der Waals surface area contributed by atoms with Crippen LogP contribution < -0.4 is 4.74 Å². The highest BCUT2D eigenvalue weighted by molar-refractivity contribution is 5.59. The maximum Gasteiger partial charge on any atom is 0.273 e. The second kappa shape index (κ2) is 7.00. The van der Waals surface area contributed by atoms with Crippen molar-refractivity contribution in [1.29, 1.82) is 0 Å². The van der Waals surface area contributed by atoms with Gasteiger partial charge < -0.3 is 4.74 Å². The Morgan fingerprint density at radius 1 is 1.04 bits per heavy atom. The Labute approximate surface area is 151 Å². The average molecular weight is 349 g/mol. The lowest BCUT2D eigenvalue weighted by Crippen LogP contribution is -2.04. The van der Waals surface area contributed by atoms with Gasteiger partial charge in [-0.25, -0.2) is 0 Å². The van der Waals surface area contributed by atoms with Crippen molar-refractivity contribution in [1.82, 2.24) is 9.78 Å². The van der Waals surface area contributed by atoms with E-state index in [9.17, 15) is 10.1 Å². The molecule has 1 aliphatic carbocycles. The Morgan fingerprint density at radius 2 is 1.81 bits per heavy atom. The summed E-state index contributed by atoms with van der Waals surface area (Å²) in [7, 11) is 0. The van der Waals surface area contributed by atoms with Crippen LogP contribution in [0.2, 0.25) is 0 Å². The van der Waals surface area contributed by atoms with Crippen LogP contribution in [0.5, 0.6) is 11.5 Å². The van der Waals surface area contributed by atoms with Gasteiger partial charge in [-0.1, -0.05) is 18.9 Å². The number of ether oxygens (including phenoxy) is 1. The van der Waals surface area contributed by atoms with Crippen molar-refractivity contribution in [3.05, 3.63) is 70.9 Å². The molecule has 0 amide bonds. The molecule has 2 aromatic carbocycles. The summed E-state index contributed by atoms with van der Waals surface area (Å²) in [5.41, 5.74) is 1.98. The number of aromatic nitrogens is 2. The van der Waals surface area contributed by atoms with Crippen LogP contribution in [-0.4, -0.2) is 14.7 Å². The highest BCUT2D eigenvalue weighted by Gasteiger charge is 2.17. The van der Waals surface area contributed by atoms with Crippen LogP contribution in [0.4, 0.5) is 5.69 Å². The SMILES string of the molecule is O=[N+]([O-])c1cccc(Oc2ccc(-c3ccn(C4CCCC4)n3)cc2)c1. The quantitative estimate of drug-likeness (QED) is 0.459. The number of benzene rings is 2. The van der Waals surface area contributed by atoms with Crippen LogP contribution >= 0.6 is 0 Å². The van der Waals surface area contributed by atoms with Crippen molar-refractivity contribution < 1.29 is 9.66 Å². The minimum atomic E-state index is -0.434. The molecule has 1 aliphatic rings. The predicted octanol–water partition coefficient (Wildman–Crippen LogP) is 5.37. The summed E-state index contributed by atoms with van der Waals surface area (Å²) in [5, 5.41) is 15.6. The van der Waals surface area contributed by atoms with E-state index in [1.807, 2.05) is 30.3 Å². The molecule has 1 heterocycles. The molecule has 0 aliphatic heterocycles. The van der Waals surface area contributed by atoms with Crippen LogP contribution in [0.3, 0.4) is 0 Å². The molecule has 1 saturated carbocycles. The zero-order chi connectivity index (χ0) is 17.9. The van der Waals surface area contributed by atoms with Gasteiger partial charge in [0, 0.05) is 17.8 Å². The number of nitrogens with zero attached hydrogens (tertiary/aromatic N) is 3. The van der Waals surface area contributed by atoms with Gasteiger partial charge in [-0.05, 0) is 49.2 Å². The Balaban J connectivity index is 1.48. The molecular formula is C20H19N3O3. The van der Waals surface area contributed by atoms with Crippen molar-refractivity contribution >= 4 is 5.69 Å². The van der Waals surface area contributed by atoms with Gasteiger partial charge in [0.05, 0.1) is 22.7 Å². The molecule has 4 rings (SSSR count). The van der Waals surface area contributed by atoms with Crippen LogP contribution in [0, 0.1) is 10.1 Å². The summed E-state index contributed by atoms with van der Waals surface area (Å²) in [6.45, 7) is 0. The summed E-state index contributed by atoms with van der Waals surface area (Å²) in [6, 6.07) is 16.3. The fourth-order valence-corrected chi connectivity index (χ4v) is 3.35. The van der Waals surface area contributed by atoms with Crippen LogP contribution in [0.1, 0.15) is 31.7 Å². The molecule has 0 unspecified atom stereocenters. The summed E-state index contributed by atoms with van der Waals surface area (Å²) in [4.78, 5) is 10.4. The molecular weight excluding hydrogens is 330 g/mol. The molecule has 1 fully saturated rings. The smallest absolute Gasteiger partial charge is 0.273 e. The number of nitro groups is 1. The van der Waals surface area contributed by atoms with Gasteiger partial charge in [0.1, 0.15) is 11.5 Å². The van der Waals surface area contributed by atoms with Gasteiger partial charge in [-0.15, -0.1) is 0 Å². The summed E-state index contributed by atoms with van der Waals surface area (Å²) in [6.07, 6.45) is 7.03. The van der Waals surface area contributed by atoms with Crippen molar-refractivity contribution in [2.24, 2.45) is 0 Å². The van der Waals surface area contributed by atoms with Gasteiger partial charge in [0.25, 0.3) is 5.69 Å². The maximum absolute atomic E-state index is 10.8. The van der Waals surface area contributed by atoms with Gasteiger partial charge >= 0.3 is 0 Å². The number of nitro benzene ring substituents is 1. The predicted molar refractivity (Wildman–Crippen MR) is 98.3 cm³/mol. The molecule has 132 valence electrons. The fraction of sp³-hybridized carbons (Fsp3) is 0.250. The Morgan fingerprint density at radius 3 is 2.54 bits per heavy atom. The molecule has 3 aromatic rings. The molecule has 0 atom stereocenters. The molecule has 0 bridgehead atoms. The third kappa shape index (κ3) is 3.44. The van der Waals surface area contributed by atoms with E-state index in [-0.39, 0.29) is 5.69 Å². The maximum atomic E-state index is 10.8. The molecule has 6 nitrogen and oxygen atoms in total. The topological polar surface area (TPSA) is 70.2 Å². The lowest BCUT2D eigenvalue weighted by atomic mass is 10.1. The van der Waals surface area contributed by atoms with Crippen molar-refractivity contribution in [3.63, 3.8) is 0 Å². The van der Waals surface area contributed by atoms with E-state index in [4.69, 9.17) is 9.84 Å². The lowest BCUT2D eigenvalue weighted by Gasteiger charge is -2.09. The first-order valence-electron chi connectivity index (χ1n) is 8.77. The first-order valence-corrected chi connectivity index (χ1v) is 8.77. The lowest BCUT2D eigenvalue weighted by molar-refractivity contribution is -0.384. The van der Waals surface area contributed by atoms with Crippen molar-refractivity contribution in [2.75, 3.05) is 0 Å². The van der Waals surface area contributed by atoms with E-state index in [1.165, 1.54) is 37.8 Å². The summed E-state index contributed by atoms with van der Waals surface area (Å²) < 4.78 is 7.80. The monoisotopic (exact) mass is 349 g/mol. The molecule has 1 aromatic heterocycles. The number of hydrogen-bond donors (Lipinski definition) is 0. The van der Waals surface area contributed by atoms with Crippen molar-refractivity contribution in [2.45, 2.75) is 31.7 Å². The number of rotatable bonds is 5. The summed E-state index contributed by atoms with van der Waals surface area (Å²) in [5.74, 6) is 1.07. The first-order chi connectivity index (χ1) is 12.7. The number of hydrogen-bond acceptors (Lipinski definition) is 4. The third-order valence-corrected chi connectivity index (χ3v) is 4.72. The Kier molecular flexibility index (Phi) is 4.39. The van der Waals surface area contributed by atoms with Gasteiger partial charge in [-0.3, -0.25) is 14.8 Å². The van der Waals surface area contributed by atoms with Crippen LogP contribution in [-0.2, 0) is 0 Å². The van der Waals surface area contributed by atoms with Gasteiger partial charge in [0.2, 0.25) is 0 Å². The largest absolute Gasteiger partial charge is 0.457 e. The molecule has 6 heteroatoms. The second-order valence-electron chi connectivity index (χ2n) is 6.50.